The fraction of sp³-hybridized carbons (Fsp3) is 0.880. The number of rotatable bonds is 76. The Morgan fingerprint density at radius 3 is 0.899 bits per heavy atom. The molecule has 0 spiro atoms. The summed E-state index contributed by atoms with van der Waals surface area (Å²) in [4.78, 5) is 24.6. The zero-order chi connectivity index (χ0) is 64.2. The van der Waals surface area contributed by atoms with Gasteiger partial charge >= 0.3 is 5.97 Å². The van der Waals surface area contributed by atoms with Gasteiger partial charge in [0.25, 0.3) is 0 Å². The van der Waals surface area contributed by atoms with Crippen molar-refractivity contribution in [1.29, 1.82) is 0 Å². The van der Waals surface area contributed by atoms with Crippen molar-refractivity contribution in [3.05, 3.63) is 48.6 Å². The van der Waals surface area contributed by atoms with E-state index in [1.165, 1.54) is 353 Å². The SMILES string of the molecule is CCC/C=C\C/C=C\CCCCCCCC(=O)OCCCCCCCCCCCCC/C=C\C/C=C\CCCCCCCCCCCCCCCCCCCC(=O)NC(CO)C(O)CCCCCCCCCCCCCCCCCCCCCCCCCC. The molecule has 0 aromatic carbocycles. The second kappa shape index (κ2) is 78.3. The second-order valence-electron chi connectivity index (χ2n) is 27.7. The van der Waals surface area contributed by atoms with E-state index in [2.05, 4.69) is 67.8 Å². The molecule has 0 saturated carbocycles. The molecule has 2 atom stereocenters. The topological polar surface area (TPSA) is 95.9 Å². The van der Waals surface area contributed by atoms with Gasteiger partial charge in [0.2, 0.25) is 5.91 Å². The highest BCUT2D eigenvalue weighted by molar-refractivity contribution is 5.76. The third-order valence-corrected chi connectivity index (χ3v) is 18.8. The molecule has 0 aliphatic rings. The minimum Gasteiger partial charge on any atom is -0.466 e. The molecule has 0 aliphatic heterocycles. The van der Waals surface area contributed by atoms with Crippen LogP contribution in [0.2, 0.25) is 0 Å². The summed E-state index contributed by atoms with van der Waals surface area (Å²) in [5.41, 5.74) is 0. The molecule has 0 aromatic rings. The molecule has 0 heterocycles. The molecule has 0 saturated heterocycles. The van der Waals surface area contributed by atoms with Crippen LogP contribution in [0.1, 0.15) is 444 Å². The molecule has 0 fully saturated rings. The van der Waals surface area contributed by atoms with Crippen LogP contribution in [0.25, 0.3) is 0 Å². The molecule has 0 aliphatic carbocycles. The minimum absolute atomic E-state index is 0.00176. The number of unbranched alkanes of at least 4 members (excludes halogenated alkanes) is 57. The van der Waals surface area contributed by atoms with Crippen LogP contribution in [-0.4, -0.2) is 47.4 Å². The van der Waals surface area contributed by atoms with E-state index in [0.29, 0.717) is 25.9 Å². The molecule has 6 heteroatoms. The van der Waals surface area contributed by atoms with Crippen molar-refractivity contribution in [2.45, 2.75) is 456 Å². The van der Waals surface area contributed by atoms with Crippen molar-refractivity contribution in [2.75, 3.05) is 13.2 Å². The molecule has 0 radical (unpaired) electrons. The van der Waals surface area contributed by atoms with E-state index < -0.39 is 12.1 Å². The molecule has 524 valence electrons. The van der Waals surface area contributed by atoms with E-state index in [4.69, 9.17) is 4.74 Å². The van der Waals surface area contributed by atoms with Crippen LogP contribution in [0.15, 0.2) is 48.6 Å². The molecule has 0 bridgehead atoms. The average molecular weight is 1250 g/mol. The van der Waals surface area contributed by atoms with Crippen LogP contribution in [0.4, 0.5) is 0 Å². The standard InChI is InChI=1S/C83H157NO5/c1-3-5-7-9-11-13-15-17-18-19-20-21-22-36-39-42-45-48-52-55-59-63-67-71-75-81(86)80(79-85)84-82(87)76-72-68-64-60-56-53-49-46-43-40-37-34-32-30-28-26-24-23-25-27-29-31-33-35-38-41-44-47-50-54-58-62-66-70-74-78-89-83(88)77-73-69-65-61-57-51-16-14-12-10-8-6-4-2/h8,10,14,16,25,27,31,33,80-81,85-86H,3-7,9,11-13,15,17-24,26,28-30,32,34-79H2,1-2H3,(H,84,87)/b10-8-,16-14-,27-25-,33-31-. The van der Waals surface area contributed by atoms with Gasteiger partial charge in [-0.25, -0.2) is 0 Å². The lowest BCUT2D eigenvalue weighted by atomic mass is 10.0. The molecule has 89 heavy (non-hydrogen) atoms. The maximum absolute atomic E-state index is 12.6. The number of carbonyl (C=O) groups is 2. The van der Waals surface area contributed by atoms with Gasteiger partial charge in [-0.2, -0.15) is 0 Å². The Bertz CT molecular complexity index is 1490. The number of allylic oxidation sites excluding steroid dienone is 8. The maximum Gasteiger partial charge on any atom is 0.305 e. The first-order valence-electron chi connectivity index (χ1n) is 40.4. The van der Waals surface area contributed by atoms with E-state index >= 15 is 0 Å². The summed E-state index contributed by atoms with van der Waals surface area (Å²) in [6.07, 6.45) is 104. The van der Waals surface area contributed by atoms with Crippen molar-refractivity contribution < 1.29 is 24.5 Å². The first kappa shape index (κ1) is 86.8. The van der Waals surface area contributed by atoms with Crippen LogP contribution in [0.5, 0.6) is 0 Å². The Kier molecular flexibility index (Phi) is 76.3. The van der Waals surface area contributed by atoms with Crippen molar-refractivity contribution in [3.8, 4) is 0 Å². The average Bonchev–Trinajstić information content (AvgIpc) is 3.64. The number of aliphatic hydroxyl groups excluding tert-OH is 2. The molecular formula is C83H157NO5. The third kappa shape index (κ3) is 74.7. The van der Waals surface area contributed by atoms with Gasteiger partial charge in [-0.1, -0.05) is 396 Å². The molecule has 1 amide bonds. The molecule has 0 rings (SSSR count). The van der Waals surface area contributed by atoms with E-state index in [1.54, 1.807) is 0 Å². The summed E-state index contributed by atoms with van der Waals surface area (Å²) in [6.45, 7) is 4.93. The maximum atomic E-state index is 12.6. The molecule has 0 aromatic heterocycles. The summed E-state index contributed by atoms with van der Waals surface area (Å²) in [6, 6.07) is -0.542. The number of aliphatic hydroxyl groups is 2. The zero-order valence-corrected chi connectivity index (χ0v) is 60.2. The van der Waals surface area contributed by atoms with Gasteiger partial charge in [0, 0.05) is 12.8 Å². The third-order valence-electron chi connectivity index (χ3n) is 18.8. The van der Waals surface area contributed by atoms with E-state index in [0.717, 1.165) is 57.8 Å². The lowest BCUT2D eigenvalue weighted by molar-refractivity contribution is -0.143. The number of carbonyl (C=O) groups excluding carboxylic acids is 2. The first-order valence-corrected chi connectivity index (χ1v) is 40.4. The van der Waals surface area contributed by atoms with Crippen LogP contribution in [0, 0.1) is 0 Å². The largest absolute Gasteiger partial charge is 0.466 e. The minimum atomic E-state index is -0.665. The highest BCUT2D eigenvalue weighted by atomic mass is 16.5. The fourth-order valence-electron chi connectivity index (χ4n) is 12.7. The number of hydrogen-bond donors (Lipinski definition) is 3. The van der Waals surface area contributed by atoms with E-state index in [9.17, 15) is 19.8 Å². The van der Waals surface area contributed by atoms with E-state index in [-0.39, 0.29) is 18.5 Å². The Morgan fingerprint density at radius 2 is 0.584 bits per heavy atom. The number of nitrogens with one attached hydrogen (secondary N) is 1. The summed E-state index contributed by atoms with van der Waals surface area (Å²) in [5.74, 6) is -0.0257. The predicted molar refractivity (Wildman–Crippen MR) is 393 cm³/mol. The zero-order valence-electron chi connectivity index (χ0n) is 60.2. The summed E-state index contributed by atoms with van der Waals surface area (Å²) < 4.78 is 5.48. The second-order valence-corrected chi connectivity index (χ2v) is 27.7. The Balaban J connectivity index is 3.38. The Labute approximate surface area is 556 Å². The van der Waals surface area contributed by atoms with Gasteiger partial charge in [0.1, 0.15) is 0 Å². The van der Waals surface area contributed by atoms with Crippen LogP contribution in [0.3, 0.4) is 0 Å². The molecular weight excluding hydrogens is 1090 g/mol. The number of amides is 1. The van der Waals surface area contributed by atoms with Crippen molar-refractivity contribution in [3.63, 3.8) is 0 Å². The summed E-state index contributed by atoms with van der Waals surface area (Å²) in [5, 5.41) is 23.5. The predicted octanol–water partition coefficient (Wildman–Crippen LogP) is 26.8. The quantitative estimate of drug-likeness (QED) is 0.0320. The smallest absolute Gasteiger partial charge is 0.305 e. The molecule has 6 nitrogen and oxygen atoms in total. The summed E-state index contributed by atoms with van der Waals surface area (Å²) in [7, 11) is 0. The summed E-state index contributed by atoms with van der Waals surface area (Å²) >= 11 is 0. The Hall–Kier alpha value is -2.18. The lowest BCUT2D eigenvalue weighted by Crippen LogP contribution is -2.45. The first-order chi connectivity index (χ1) is 44.0. The van der Waals surface area contributed by atoms with Gasteiger partial charge in [-0.3, -0.25) is 9.59 Å². The Morgan fingerprint density at radius 1 is 0.315 bits per heavy atom. The molecule has 2 unspecified atom stereocenters. The van der Waals surface area contributed by atoms with Crippen LogP contribution >= 0.6 is 0 Å². The van der Waals surface area contributed by atoms with Crippen LogP contribution in [-0.2, 0) is 14.3 Å². The van der Waals surface area contributed by atoms with Crippen molar-refractivity contribution in [1.82, 2.24) is 5.32 Å². The van der Waals surface area contributed by atoms with Crippen LogP contribution < -0.4 is 5.32 Å². The molecule has 3 N–H and O–H groups in total. The van der Waals surface area contributed by atoms with Crippen molar-refractivity contribution in [2.24, 2.45) is 0 Å². The fourth-order valence-corrected chi connectivity index (χ4v) is 12.7. The highest BCUT2D eigenvalue weighted by Gasteiger charge is 2.20. The van der Waals surface area contributed by atoms with Gasteiger partial charge < -0.3 is 20.3 Å². The van der Waals surface area contributed by atoms with Crippen molar-refractivity contribution >= 4 is 11.9 Å². The van der Waals surface area contributed by atoms with Gasteiger partial charge in [0.15, 0.2) is 0 Å². The normalized spacial score (nSPS) is 12.7. The highest BCUT2D eigenvalue weighted by Crippen LogP contribution is 2.20. The monoisotopic (exact) mass is 1250 g/mol. The number of ether oxygens (including phenoxy) is 1. The van der Waals surface area contributed by atoms with E-state index in [1.807, 2.05) is 0 Å². The van der Waals surface area contributed by atoms with Gasteiger partial charge in [-0.15, -0.1) is 0 Å². The lowest BCUT2D eigenvalue weighted by Gasteiger charge is -2.22. The number of esters is 1. The number of hydrogen-bond acceptors (Lipinski definition) is 5. The van der Waals surface area contributed by atoms with Gasteiger partial charge in [0.05, 0.1) is 25.4 Å². The van der Waals surface area contributed by atoms with Gasteiger partial charge in [-0.05, 0) is 83.5 Å².